The van der Waals surface area contributed by atoms with Gasteiger partial charge in [0.25, 0.3) is 0 Å². The van der Waals surface area contributed by atoms with Crippen LogP contribution in [0, 0.1) is 5.92 Å². The summed E-state index contributed by atoms with van der Waals surface area (Å²) in [5.74, 6) is 0.574. The molecular formula is C18H30N2O. The number of rotatable bonds is 5. The van der Waals surface area contributed by atoms with Crippen LogP contribution in [0.5, 0.6) is 0 Å². The highest BCUT2D eigenvalue weighted by atomic mass is 16.5. The maximum absolute atomic E-state index is 5.51. The lowest BCUT2D eigenvalue weighted by Crippen LogP contribution is -2.62. The van der Waals surface area contributed by atoms with Gasteiger partial charge in [-0.25, -0.2) is 0 Å². The second-order valence-electron chi connectivity index (χ2n) is 7.13. The first kappa shape index (κ1) is 16.5. The molecule has 1 aromatic rings. The third-order valence-electron chi connectivity index (χ3n) is 4.47. The summed E-state index contributed by atoms with van der Waals surface area (Å²) in [4.78, 5) is 2.64. The molecule has 118 valence electrons. The molecule has 1 aromatic carbocycles. The highest BCUT2D eigenvalue weighted by Gasteiger charge is 2.37. The Kier molecular flexibility index (Phi) is 5.42. The molecule has 0 saturated carbocycles. The Bertz CT molecular complexity index is 430. The molecule has 3 heteroatoms. The van der Waals surface area contributed by atoms with Gasteiger partial charge in [-0.3, -0.25) is 4.90 Å². The molecule has 1 heterocycles. The second-order valence-corrected chi connectivity index (χ2v) is 7.13. The third kappa shape index (κ3) is 4.06. The van der Waals surface area contributed by atoms with E-state index >= 15 is 0 Å². The van der Waals surface area contributed by atoms with Crippen molar-refractivity contribution in [2.45, 2.75) is 45.3 Å². The number of piperazine rings is 1. The Morgan fingerprint density at radius 2 is 1.95 bits per heavy atom. The summed E-state index contributed by atoms with van der Waals surface area (Å²) >= 11 is 0. The van der Waals surface area contributed by atoms with Gasteiger partial charge in [-0.2, -0.15) is 0 Å². The van der Waals surface area contributed by atoms with Crippen LogP contribution in [-0.4, -0.2) is 43.3 Å². The monoisotopic (exact) mass is 290 g/mol. The van der Waals surface area contributed by atoms with Gasteiger partial charge >= 0.3 is 0 Å². The molecule has 2 atom stereocenters. The maximum Gasteiger partial charge on any atom is 0.0620 e. The van der Waals surface area contributed by atoms with E-state index in [1.165, 1.54) is 5.56 Å². The van der Waals surface area contributed by atoms with E-state index in [-0.39, 0.29) is 5.54 Å². The van der Waals surface area contributed by atoms with Crippen LogP contribution in [0.4, 0.5) is 0 Å². The van der Waals surface area contributed by atoms with Crippen molar-refractivity contribution in [2.75, 3.05) is 26.8 Å². The molecule has 1 saturated heterocycles. The SMILES string of the molecule is COCC(C(C)C)N1CC(C)(C)NCC1c1ccccc1. The van der Waals surface area contributed by atoms with Crippen molar-refractivity contribution in [1.82, 2.24) is 10.2 Å². The van der Waals surface area contributed by atoms with Gasteiger partial charge in [0.2, 0.25) is 0 Å². The molecule has 0 bridgehead atoms. The minimum atomic E-state index is 0.145. The molecule has 0 aromatic heterocycles. The van der Waals surface area contributed by atoms with Gasteiger partial charge in [-0.1, -0.05) is 44.2 Å². The fourth-order valence-electron chi connectivity index (χ4n) is 3.29. The van der Waals surface area contributed by atoms with Crippen molar-refractivity contribution in [2.24, 2.45) is 5.92 Å². The summed E-state index contributed by atoms with van der Waals surface area (Å²) in [6.45, 7) is 12.0. The predicted molar refractivity (Wildman–Crippen MR) is 88.5 cm³/mol. The first-order chi connectivity index (χ1) is 9.94. The molecule has 1 aliphatic rings. The van der Waals surface area contributed by atoms with E-state index in [4.69, 9.17) is 4.74 Å². The molecule has 3 nitrogen and oxygen atoms in total. The summed E-state index contributed by atoms with van der Waals surface area (Å²) in [7, 11) is 1.81. The highest BCUT2D eigenvalue weighted by Crippen LogP contribution is 2.31. The van der Waals surface area contributed by atoms with Crippen molar-refractivity contribution in [1.29, 1.82) is 0 Å². The molecule has 1 fully saturated rings. The standard InChI is InChI=1S/C18H30N2O/c1-14(2)17(12-21-5)20-13-18(3,4)19-11-16(20)15-9-7-6-8-10-15/h6-10,14,16-17,19H,11-13H2,1-5H3. The molecule has 1 aliphatic heterocycles. The Morgan fingerprint density at radius 3 is 2.52 bits per heavy atom. The number of ether oxygens (including phenoxy) is 1. The van der Waals surface area contributed by atoms with Gasteiger partial charge in [0.1, 0.15) is 0 Å². The minimum Gasteiger partial charge on any atom is -0.383 e. The molecule has 0 aliphatic carbocycles. The zero-order valence-corrected chi connectivity index (χ0v) is 14.1. The Morgan fingerprint density at radius 1 is 1.29 bits per heavy atom. The van der Waals surface area contributed by atoms with E-state index in [0.29, 0.717) is 18.0 Å². The fourth-order valence-corrected chi connectivity index (χ4v) is 3.29. The number of nitrogens with zero attached hydrogens (tertiary/aromatic N) is 1. The zero-order valence-electron chi connectivity index (χ0n) is 14.1. The van der Waals surface area contributed by atoms with Crippen LogP contribution in [0.15, 0.2) is 30.3 Å². The second kappa shape index (κ2) is 6.91. The topological polar surface area (TPSA) is 24.5 Å². The van der Waals surface area contributed by atoms with Crippen LogP contribution in [-0.2, 0) is 4.74 Å². The van der Waals surface area contributed by atoms with Crippen molar-refractivity contribution in [3.63, 3.8) is 0 Å². The molecule has 1 N–H and O–H groups in total. The molecule has 21 heavy (non-hydrogen) atoms. The van der Waals surface area contributed by atoms with E-state index in [1.807, 2.05) is 0 Å². The normalized spacial score (nSPS) is 24.2. The molecular weight excluding hydrogens is 260 g/mol. The number of hydrogen-bond donors (Lipinski definition) is 1. The van der Waals surface area contributed by atoms with E-state index < -0.39 is 0 Å². The van der Waals surface area contributed by atoms with Gasteiger partial charge in [0.05, 0.1) is 6.61 Å². The number of benzene rings is 1. The quantitative estimate of drug-likeness (QED) is 0.902. The van der Waals surface area contributed by atoms with E-state index in [2.05, 4.69) is 68.2 Å². The minimum absolute atomic E-state index is 0.145. The summed E-state index contributed by atoms with van der Waals surface area (Å²) < 4.78 is 5.51. The largest absolute Gasteiger partial charge is 0.383 e. The van der Waals surface area contributed by atoms with Gasteiger partial charge in [-0.15, -0.1) is 0 Å². The lowest BCUT2D eigenvalue weighted by Gasteiger charge is -2.49. The summed E-state index contributed by atoms with van der Waals surface area (Å²) in [6.07, 6.45) is 0. The number of nitrogens with one attached hydrogen (secondary N) is 1. The average molecular weight is 290 g/mol. The van der Waals surface area contributed by atoms with Crippen LogP contribution in [0.1, 0.15) is 39.3 Å². The molecule has 2 rings (SSSR count). The predicted octanol–water partition coefficient (Wildman–Crippen LogP) is 3.08. The molecule has 0 radical (unpaired) electrons. The molecule has 0 amide bonds. The van der Waals surface area contributed by atoms with Gasteiger partial charge in [-0.05, 0) is 25.3 Å². The Hall–Kier alpha value is -0.900. The van der Waals surface area contributed by atoms with Crippen molar-refractivity contribution in [3.8, 4) is 0 Å². The van der Waals surface area contributed by atoms with Crippen LogP contribution in [0.25, 0.3) is 0 Å². The van der Waals surface area contributed by atoms with Crippen molar-refractivity contribution in [3.05, 3.63) is 35.9 Å². The van der Waals surface area contributed by atoms with Gasteiger partial charge in [0.15, 0.2) is 0 Å². The summed E-state index contributed by atoms with van der Waals surface area (Å²) in [5, 5.41) is 3.69. The van der Waals surface area contributed by atoms with Crippen LogP contribution >= 0.6 is 0 Å². The number of methoxy groups -OCH3 is 1. The van der Waals surface area contributed by atoms with Crippen LogP contribution in [0.3, 0.4) is 0 Å². The first-order valence-electron chi connectivity index (χ1n) is 7.99. The lowest BCUT2D eigenvalue weighted by molar-refractivity contribution is -0.00368. The molecule has 2 unspecified atom stereocenters. The third-order valence-corrected chi connectivity index (χ3v) is 4.47. The maximum atomic E-state index is 5.51. The van der Waals surface area contributed by atoms with Gasteiger partial charge in [0, 0.05) is 37.8 Å². The fraction of sp³-hybridized carbons (Fsp3) is 0.667. The van der Waals surface area contributed by atoms with Crippen LogP contribution in [0.2, 0.25) is 0 Å². The highest BCUT2D eigenvalue weighted by molar-refractivity contribution is 5.21. The van der Waals surface area contributed by atoms with Crippen LogP contribution < -0.4 is 5.32 Å². The van der Waals surface area contributed by atoms with E-state index in [1.54, 1.807) is 7.11 Å². The zero-order chi connectivity index (χ0) is 15.5. The lowest BCUT2D eigenvalue weighted by atomic mass is 9.90. The Labute approximate surface area is 129 Å². The van der Waals surface area contributed by atoms with E-state index in [9.17, 15) is 0 Å². The van der Waals surface area contributed by atoms with Crippen molar-refractivity contribution >= 4 is 0 Å². The Balaban J connectivity index is 2.29. The smallest absolute Gasteiger partial charge is 0.0620 e. The van der Waals surface area contributed by atoms with Gasteiger partial charge < -0.3 is 10.1 Å². The number of hydrogen-bond acceptors (Lipinski definition) is 3. The average Bonchev–Trinajstić information content (AvgIpc) is 2.44. The molecule has 0 spiro atoms. The van der Waals surface area contributed by atoms with E-state index in [0.717, 1.165) is 19.7 Å². The first-order valence-corrected chi connectivity index (χ1v) is 7.99. The van der Waals surface area contributed by atoms with Crippen molar-refractivity contribution < 1.29 is 4.74 Å². The summed E-state index contributed by atoms with van der Waals surface area (Å²) in [5.41, 5.74) is 1.54. The summed E-state index contributed by atoms with van der Waals surface area (Å²) in [6, 6.07) is 11.7.